The van der Waals surface area contributed by atoms with Crippen molar-refractivity contribution in [2.45, 2.75) is 32.0 Å². The number of ether oxygens (including phenoxy) is 2. The first-order valence-corrected chi connectivity index (χ1v) is 11.0. The second kappa shape index (κ2) is 9.38. The van der Waals surface area contributed by atoms with Crippen LogP contribution in [0.25, 0.3) is 0 Å². The number of nitrogens with zero attached hydrogens (tertiary/aromatic N) is 2. The first-order valence-electron chi connectivity index (χ1n) is 10.3. The van der Waals surface area contributed by atoms with Crippen molar-refractivity contribution in [1.29, 1.82) is 0 Å². The highest BCUT2D eigenvalue weighted by atomic mass is 35.5. The van der Waals surface area contributed by atoms with Gasteiger partial charge in [-0.25, -0.2) is 9.78 Å². The maximum Gasteiger partial charge on any atom is 0.434 e. The molecule has 0 amide bonds. The van der Waals surface area contributed by atoms with Crippen LogP contribution in [0.5, 0.6) is 5.88 Å². The van der Waals surface area contributed by atoms with E-state index in [-0.39, 0.29) is 31.1 Å². The number of aromatic nitrogens is 1. The molecule has 1 aliphatic carbocycles. The second-order valence-corrected chi connectivity index (χ2v) is 8.48. The first-order chi connectivity index (χ1) is 15.7. The van der Waals surface area contributed by atoms with Gasteiger partial charge in [0.15, 0.2) is 5.69 Å². The zero-order valence-corrected chi connectivity index (χ0v) is 18.9. The molecule has 1 fully saturated rings. The molecule has 0 saturated heterocycles. The van der Waals surface area contributed by atoms with Crippen molar-refractivity contribution in [3.8, 4) is 5.88 Å². The average Bonchev–Trinajstić information content (AvgIpc) is 3.52. The van der Waals surface area contributed by atoms with E-state index in [1.54, 1.807) is 18.2 Å². The van der Waals surface area contributed by atoms with Crippen LogP contribution in [0.3, 0.4) is 0 Å². The minimum atomic E-state index is -4.87. The number of rotatable bonds is 7. The van der Waals surface area contributed by atoms with Crippen molar-refractivity contribution in [2.24, 2.45) is 17.0 Å². The van der Waals surface area contributed by atoms with Gasteiger partial charge < -0.3 is 14.3 Å². The number of hydrogen-bond donors (Lipinski definition) is 0. The minimum absolute atomic E-state index is 0.0642. The zero-order valence-electron chi connectivity index (χ0n) is 17.4. The van der Waals surface area contributed by atoms with Gasteiger partial charge in [0.1, 0.15) is 18.4 Å². The molecule has 0 radical (unpaired) electrons. The molecule has 0 spiro atoms. The molecule has 1 aliphatic heterocycles. The highest BCUT2D eigenvalue weighted by Gasteiger charge is 2.46. The fourth-order valence-corrected chi connectivity index (χ4v) is 4.28. The van der Waals surface area contributed by atoms with E-state index in [0.717, 1.165) is 18.9 Å². The summed E-state index contributed by atoms with van der Waals surface area (Å²) in [6.45, 7) is 1.37. The third kappa shape index (κ3) is 5.04. The molecule has 6 nitrogen and oxygen atoms in total. The smallest absolute Gasteiger partial charge is 0.434 e. The van der Waals surface area contributed by atoms with Crippen LogP contribution in [0.1, 0.15) is 41.4 Å². The molecule has 11 heteroatoms. The molecular formula is C22H19Cl2F3N2O4. The summed E-state index contributed by atoms with van der Waals surface area (Å²) in [4.78, 5) is 21.1. The maximum atomic E-state index is 13.5. The predicted molar refractivity (Wildman–Crippen MR) is 115 cm³/mol. The number of hydrogen-bond acceptors (Lipinski definition) is 6. The Kier molecular flexibility index (Phi) is 6.72. The lowest BCUT2D eigenvalue weighted by Gasteiger charge is -2.20. The fourth-order valence-electron chi connectivity index (χ4n) is 3.69. The van der Waals surface area contributed by atoms with E-state index in [9.17, 15) is 18.0 Å². The molecule has 0 N–H and O–H groups in total. The van der Waals surface area contributed by atoms with E-state index in [4.69, 9.17) is 37.5 Å². The number of alkyl halides is 3. The summed E-state index contributed by atoms with van der Waals surface area (Å²) in [5.74, 6) is -1.56. The topological polar surface area (TPSA) is 70.0 Å². The van der Waals surface area contributed by atoms with Crippen molar-refractivity contribution < 1.29 is 32.3 Å². The van der Waals surface area contributed by atoms with Gasteiger partial charge in [-0.15, -0.1) is 0 Å². The van der Waals surface area contributed by atoms with Crippen molar-refractivity contribution in [2.75, 3.05) is 13.2 Å². The summed E-state index contributed by atoms with van der Waals surface area (Å²) in [7, 11) is 0. The van der Waals surface area contributed by atoms with Crippen LogP contribution in [0.2, 0.25) is 10.0 Å². The van der Waals surface area contributed by atoms with Crippen LogP contribution in [0.4, 0.5) is 13.2 Å². The number of carbonyl (C=O) groups excluding carboxylic acids is 1. The monoisotopic (exact) mass is 502 g/mol. The summed E-state index contributed by atoms with van der Waals surface area (Å²) >= 11 is 12.7. The largest absolute Gasteiger partial charge is 0.477 e. The van der Waals surface area contributed by atoms with Crippen molar-refractivity contribution in [3.05, 3.63) is 57.2 Å². The van der Waals surface area contributed by atoms with Crippen LogP contribution in [0, 0.1) is 11.8 Å². The van der Waals surface area contributed by atoms with Crippen molar-refractivity contribution >= 4 is 34.9 Å². The Morgan fingerprint density at radius 3 is 2.48 bits per heavy atom. The highest BCUT2D eigenvalue weighted by molar-refractivity contribution is 6.40. The van der Waals surface area contributed by atoms with E-state index < -0.39 is 29.3 Å². The summed E-state index contributed by atoms with van der Waals surface area (Å²) in [5, 5.41) is 4.94. The normalized spacial score (nSPS) is 20.2. The molecule has 176 valence electrons. The summed E-state index contributed by atoms with van der Waals surface area (Å²) < 4.78 is 50.9. The fraction of sp³-hybridized carbons (Fsp3) is 0.409. The summed E-state index contributed by atoms with van der Waals surface area (Å²) in [5.41, 5.74) is -1.08. The maximum absolute atomic E-state index is 13.5. The highest BCUT2D eigenvalue weighted by Crippen LogP contribution is 2.43. The molecule has 1 aromatic heterocycles. The van der Waals surface area contributed by atoms with Gasteiger partial charge in [-0.05, 0) is 43.9 Å². The van der Waals surface area contributed by atoms with Crippen LogP contribution in [0.15, 0.2) is 35.5 Å². The van der Waals surface area contributed by atoms with Crippen molar-refractivity contribution in [3.63, 3.8) is 0 Å². The van der Waals surface area contributed by atoms with Gasteiger partial charge in [0.05, 0.1) is 28.1 Å². The summed E-state index contributed by atoms with van der Waals surface area (Å²) in [6.07, 6.45) is -3.28. The third-order valence-electron chi connectivity index (χ3n) is 5.37. The Balaban J connectivity index is 1.60. The number of carbonyl (C=O) groups is 1. The molecule has 1 aromatic carbocycles. The van der Waals surface area contributed by atoms with Gasteiger partial charge in [0, 0.05) is 11.6 Å². The van der Waals surface area contributed by atoms with Gasteiger partial charge in [-0.1, -0.05) is 34.4 Å². The second-order valence-electron chi connectivity index (χ2n) is 7.66. The lowest BCUT2D eigenvalue weighted by molar-refractivity contribution is -0.142. The number of benzene rings is 1. The molecule has 4 rings (SSSR count). The van der Waals surface area contributed by atoms with Gasteiger partial charge in [0.2, 0.25) is 5.88 Å². The van der Waals surface area contributed by atoms with Crippen LogP contribution in [-0.2, 0) is 15.8 Å². The lowest BCUT2D eigenvalue weighted by Crippen LogP contribution is -2.32. The molecule has 1 saturated carbocycles. The number of oxime groups is 1. The Morgan fingerprint density at radius 1 is 1.18 bits per heavy atom. The standard InChI is InChI=1S/C22H19Cl2F3N2O4/c1-2-31-21(30)12-8-9-16(28-20(12)22(25,26)27)32-10-13-18(29-33-19(13)11-6-7-11)17-14(23)4-3-5-15(17)24/h3-5,8-9,11,13,19H,2,6-7,10H2,1H3. The molecule has 2 heterocycles. The Hall–Kier alpha value is -2.52. The molecule has 2 atom stereocenters. The average molecular weight is 503 g/mol. The molecule has 33 heavy (non-hydrogen) atoms. The molecule has 2 aliphatic rings. The van der Waals surface area contributed by atoms with Gasteiger partial charge in [-0.3, -0.25) is 0 Å². The molecule has 2 unspecified atom stereocenters. The van der Waals surface area contributed by atoms with Gasteiger partial charge >= 0.3 is 12.1 Å². The summed E-state index contributed by atoms with van der Waals surface area (Å²) in [6, 6.07) is 7.22. The third-order valence-corrected chi connectivity index (χ3v) is 6.00. The van der Waals surface area contributed by atoms with Crippen LogP contribution >= 0.6 is 23.2 Å². The Labute approximate surface area is 197 Å². The minimum Gasteiger partial charge on any atom is -0.477 e. The molecule has 0 bridgehead atoms. The molecular weight excluding hydrogens is 484 g/mol. The van der Waals surface area contributed by atoms with Gasteiger partial charge in [0.25, 0.3) is 0 Å². The van der Waals surface area contributed by atoms with E-state index in [1.165, 1.54) is 13.0 Å². The Morgan fingerprint density at radius 2 is 1.88 bits per heavy atom. The van der Waals surface area contributed by atoms with E-state index in [0.29, 0.717) is 21.3 Å². The van der Waals surface area contributed by atoms with Crippen molar-refractivity contribution in [1.82, 2.24) is 4.98 Å². The van der Waals surface area contributed by atoms with E-state index in [1.807, 2.05) is 0 Å². The SMILES string of the molecule is CCOC(=O)c1ccc(OCC2C(c3c(Cl)cccc3Cl)=NOC2C2CC2)nc1C(F)(F)F. The lowest BCUT2D eigenvalue weighted by atomic mass is 9.90. The number of pyridine rings is 1. The zero-order chi connectivity index (χ0) is 23.8. The van der Waals surface area contributed by atoms with Crippen LogP contribution in [-0.4, -0.2) is 36.0 Å². The molecule has 2 aromatic rings. The van der Waals surface area contributed by atoms with Gasteiger partial charge in [-0.2, -0.15) is 13.2 Å². The van der Waals surface area contributed by atoms with E-state index in [2.05, 4.69) is 10.1 Å². The predicted octanol–water partition coefficient (Wildman–Crippen LogP) is 5.79. The number of esters is 1. The Bertz CT molecular complexity index is 1070. The van der Waals surface area contributed by atoms with Crippen LogP contribution < -0.4 is 4.74 Å². The quantitative estimate of drug-likeness (QED) is 0.448. The number of halogens is 5. The van der Waals surface area contributed by atoms with E-state index >= 15 is 0 Å². The first kappa shape index (κ1) is 23.6.